The van der Waals surface area contributed by atoms with Crippen LogP contribution in [0.4, 0.5) is 0 Å². The van der Waals surface area contributed by atoms with Crippen molar-refractivity contribution >= 4 is 17.6 Å². The predicted octanol–water partition coefficient (Wildman–Crippen LogP) is 4.93. The molecule has 2 aromatic carbocycles. The van der Waals surface area contributed by atoms with E-state index in [4.69, 9.17) is 30.5 Å². The van der Waals surface area contributed by atoms with Gasteiger partial charge in [-0.25, -0.2) is 0 Å². The van der Waals surface area contributed by atoms with Crippen LogP contribution in [0.15, 0.2) is 36.4 Å². The zero-order valence-electron chi connectivity index (χ0n) is 19.3. The normalized spacial score (nSPS) is 18.7. The van der Waals surface area contributed by atoms with Gasteiger partial charge in [0.2, 0.25) is 0 Å². The molecule has 0 spiro atoms. The molecule has 5 rings (SSSR count). The lowest BCUT2D eigenvalue weighted by Gasteiger charge is -2.27. The molecule has 0 bridgehead atoms. The van der Waals surface area contributed by atoms with E-state index in [-0.39, 0.29) is 24.9 Å². The van der Waals surface area contributed by atoms with Crippen molar-refractivity contribution in [2.24, 2.45) is 0 Å². The van der Waals surface area contributed by atoms with Gasteiger partial charge in [-0.1, -0.05) is 37.6 Å². The van der Waals surface area contributed by atoms with Crippen molar-refractivity contribution in [1.29, 1.82) is 0 Å². The molecule has 0 saturated heterocycles. The number of hydrogen-bond donors (Lipinski definition) is 0. The summed E-state index contributed by atoms with van der Waals surface area (Å²) in [5.41, 5.74) is 2.46. The highest BCUT2D eigenvalue weighted by atomic mass is 35.5. The van der Waals surface area contributed by atoms with Crippen LogP contribution in [0.5, 0.6) is 11.5 Å². The first kappa shape index (κ1) is 22.7. The van der Waals surface area contributed by atoms with Crippen molar-refractivity contribution in [3.05, 3.63) is 64.2 Å². The van der Waals surface area contributed by atoms with Crippen molar-refractivity contribution in [2.45, 2.75) is 45.3 Å². The van der Waals surface area contributed by atoms with E-state index in [9.17, 15) is 4.79 Å². The van der Waals surface area contributed by atoms with Crippen LogP contribution >= 0.6 is 11.6 Å². The lowest BCUT2D eigenvalue weighted by atomic mass is 9.97. The molecular weight excluding hydrogens is 458 g/mol. The minimum atomic E-state index is -0.699. The van der Waals surface area contributed by atoms with E-state index in [0.29, 0.717) is 35.6 Å². The summed E-state index contributed by atoms with van der Waals surface area (Å²) in [7, 11) is 0. The Hall–Kier alpha value is -3.10. The van der Waals surface area contributed by atoms with Crippen molar-refractivity contribution in [1.82, 2.24) is 14.8 Å². The Bertz CT molecular complexity index is 1230. The van der Waals surface area contributed by atoms with Crippen LogP contribution in [-0.4, -0.2) is 40.6 Å². The van der Waals surface area contributed by atoms with Gasteiger partial charge in [0.25, 0.3) is 0 Å². The minimum absolute atomic E-state index is 0.00529. The van der Waals surface area contributed by atoms with Crippen molar-refractivity contribution in [2.75, 3.05) is 19.8 Å². The fourth-order valence-electron chi connectivity index (χ4n) is 4.43. The number of ether oxygens (including phenoxy) is 4. The zero-order valence-corrected chi connectivity index (χ0v) is 20.0. The fraction of sp³-hybridized carbons (Fsp3) is 0.400. The van der Waals surface area contributed by atoms with Crippen LogP contribution in [0.2, 0.25) is 5.02 Å². The number of rotatable bonds is 5. The molecule has 2 atom stereocenters. The standard InChI is InChI=1S/C25H26ClN3O5/c1-4-31-21(30)13-20-25-28-27-24(14(2)3)29(25)18-9-8-15(26)12-17(18)22(34-20)16-6-5-7-19-23(16)33-11-10-32-19/h5-9,12,14,20,22H,4,10-11,13H2,1-3H3. The fourth-order valence-corrected chi connectivity index (χ4v) is 4.61. The van der Waals surface area contributed by atoms with Gasteiger partial charge in [0.05, 0.1) is 18.7 Å². The first-order chi connectivity index (χ1) is 16.5. The maximum atomic E-state index is 12.6. The van der Waals surface area contributed by atoms with E-state index in [1.165, 1.54) is 0 Å². The molecule has 0 N–H and O–H groups in total. The van der Waals surface area contributed by atoms with Crippen LogP contribution < -0.4 is 9.47 Å². The number of nitrogens with zero attached hydrogens (tertiary/aromatic N) is 3. The zero-order chi connectivity index (χ0) is 23.8. The Morgan fingerprint density at radius 1 is 1.18 bits per heavy atom. The second-order valence-electron chi connectivity index (χ2n) is 8.49. The first-order valence-electron chi connectivity index (χ1n) is 11.4. The smallest absolute Gasteiger partial charge is 0.308 e. The third-order valence-corrected chi connectivity index (χ3v) is 6.10. The molecule has 0 amide bonds. The number of carbonyl (C=O) groups excluding carboxylic acids is 1. The molecule has 0 fully saturated rings. The summed E-state index contributed by atoms with van der Waals surface area (Å²) in [6.45, 7) is 7.08. The van der Waals surface area contributed by atoms with Gasteiger partial charge in [0.15, 0.2) is 17.3 Å². The summed E-state index contributed by atoms with van der Waals surface area (Å²) in [4.78, 5) is 12.6. The Balaban J connectivity index is 1.72. The Morgan fingerprint density at radius 2 is 2.00 bits per heavy atom. The van der Waals surface area contributed by atoms with Crippen molar-refractivity contribution in [3.63, 3.8) is 0 Å². The number of esters is 1. The van der Waals surface area contributed by atoms with Crippen LogP contribution in [0.3, 0.4) is 0 Å². The summed E-state index contributed by atoms with van der Waals surface area (Å²) in [6, 6.07) is 11.4. The molecule has 0 saturated carbocycles. The average Bonchev–Trinajstić information content (AvgIpc) is 3.22. The third kappa shape index (κ3) is 4.01. The van der Waals surface area contributed by atoms with E-state index < -0.39 is 12.2 Å². The highest BCUT2D eigenvalue weighted by Gasteiger charge is 2.37. The first-order valence-corrected chi connectivity index (χ1v) is 11.8. The number of benzene rings is 2. The molecular formula is C25H26ClN3O5. The van der Waals surface area contributed by atoms with Gasteiger partial charge in [-0.05, 0) is 31.2 Å². The molecule has 2 unspecified atom stereocenters. The van der Waals surface area contributed by atoms with E-state index in [1.807, 2.05) is 41.0 Å². The van der Waals surface area contributed by atoms with Gasteiger partial charge < -0.3 is 18.9 Å². The van der Waals surface area contributed by atoms with Gasteiger partial charge in [-0.3, -0.25) is 9.36 Å². The van der Waals surface area contributed by atoms with Gasteiger partial charge in [-0.2, -0.15) is 0 Å². The summed E-state index contributed by atoms with van der Waals surface area (Å²) < 4.78 is 25.7. The maximum Gasteiger partial charge on any atom is 0.308 e. The second kappa shape index (κ2) is 9.27. The van der Waals surface area contributed by atoms with Gasteiger partial charge in [-0.15, -0.1) is 10.2 Å². The molecule has 34 heavy (non-hydrogen) atoms. The Labute approximate surface area is 202 Å². The molecule has 2 aliphatic heterocycles. The molecule has 2 aliphatic rings. The van der Waals surface area contributed by atoms with Crippen molar-refractivity contribution in [3.8, 4) is 17.2 Å². The molecule has 3 heterocycles. The SMILES string of the molecule is CCOC(=O)CC1OC(c2cccc3c2OCCO3)c2cc(Cl)ccc2-n2c(C(C)C)nnc21. The largest absolute Gasteiger partial charge is 0.486 e. The van der Waals surface area contributed by atoms with Crippen molar-refractivity contribution < 1.29 is 23.7 Å². The highest BCUT2D eigenvalue weighted by Crippen LogP contribution is 2.47. The lowest BCUT2D eigenvalue weighted by Crippen LogP contribution is -2.20. The topological polar surface area (TPSA) is 84.7 Å². The summed E-state index contributed by atoms with van der Waals surface area (Å²) >= 11 is 6.47. The Morgan fingerprint density at radius 3 is 2.79 bits per heavy atom. The van der Waals surface area contributed by atoms with Gasteiger partial charge >= 0.3 is 5.97 Å². The Kier molecular flexibility index (Phi) is 6.18. The average molecular weight is 484 g/mol. The molecule has 3 aromatic rings. The molecule has 9 heteroatoms. The minimum Gasteiger partial charge on any atom is -0.486 e. The predicted molar refractivity (Wildman–Crippen MR) is 125 cm³/mol. The third-order valence-electron chi connectivity index (χ3n) is 5.87. The monoisotopic (exact) mass is 483 g/mol. The van der Waals surface area contributed by atoms with E-state index in [2.05, 4.69) is 24.0 Å². The molecule has 1 aromatic heterocycles. The summed E-state index contributed by atoms with van der Waals surface area (Å²) in [5.74, 6) is 2.32. The van der Waals surface area contributed by atoms with Crippen LogP contribution in [0.1, 0.15) is 68.1 Å². The quantitative estimate of drug-likeness (QED) is 0.476. The summed E-state index contributed by atoms with van der Waals surface area (Å²) in [6.07, 6.45) is -1.30. The molecule has 178 valence electrons. The van der Waals surface area contributed by atoms with Crippen LogP contribution in [0, 0.1) is 0 Å². The van der Waals surface area contributed by atoms with E-state index in [1.54, 1.807) is 6.92 Å². The van der Waals surface area contributed by atoms with Crippen LogP contribution in [-0.2, 0) is 14.3 Å². The number of para-hydroxylation sites is 1. The highest BCUT2D eigenvalue weighted by molar-refractivity contribution is 6.30. The maximum absolute atomic E-state index is 12.6. The molecule has 8 nitrogen and oxygen atoms in total. The molecule has 0 aliphatic carbocycles. The second-order valence-corrected chi connectivity index (χ2v) is 8.93. The number of aromatic nitrogens is 3. The number of carbonyl (C=O) groups is 1. The molecule has 0 radical (unpaired) electrons. The van der Waals surface area contributed by atoms with Gasteiger partial charge in [0, 0.05) is 22.1 Å². The van der Waals surface area contributed by atoms with Gasteiger partial charge in [0.1, 0.15) is 31.2 Å². The number of hydrogen-bond acceptors (Lipinski definition) is 7. The number of fused-ring (bicyclic) bond motifs is 4. The number of halogens is 1. The summed E-state index contributed by atoms with van der Waals surface area (Å²) in [5, 5.41) is 9.46. The van der Waals surface area contributed by atoms with E-state index in [0.717, 1.165) is 22.6 Å². The van der Waals surface area contributed by atoms with E-state index >= 15 is 0 Å². The van der Waals surface area contributed by atoms with Crippen LogP contribution in [0.25, 0.3) is 5.69 Å². The lowest BCUT2D eigenvalue weighted by molar-refractivity contribution is -0.147.